The summed E-state index contributed by atoms with van der Waals surface area (Å²) in [5.41, 5.74) is 5.31. The van der Waals surface area contributed by atoms with Crippen molar-refractivity contribution in [3.8, 4) is 0 Å². The molecule has 1 unspecified atom stereocenters. The van der Waals surface area contributed by atoms with Crippen LogP contribution in [0.4, 0.5) is 4.39 Å². The van der Waals surface area contributed by atoms with E-state index in [0.717, 1.165) is 22.0 Å². The van der Waals surface area contributed by atoms with E-state index in [0.29, 0.717) is 0 Å². The molecular weight excluding hydrogens is 253 g/mol. The van der Waals surface area contributed by atoms with Crippen LogP contribution in [0.2, 0.25) is 0 Å². The maximum absolute atomic E-state index is 13.3. The number of fused-ring (bicyclic) bond motifs is 1. The Morgan fingerprint density at radius 1 is 1.00 bits per heavy atom. The number of nitrogens with two attached hydrogens (primary N) is 1. The highest BCUT2D eigenvalue weighted by atomic mass is 19.1. The van der Waals surface area contributed by atoms with Crippen molar-refractivity contribution in [3.05, 3.63) is 77.7 Å². The van der Waals surface area contributed by atoms with E-state index in [2.05, 4.69) is 10.4 Å². The third-order valence-corrected chi connectivity index (χ3v) is 3.29. The van der Waals surface area contributed by atoms with Crippen LogP contribution in [0.3, 0.4) is 0 Å². The fourth-order valence-electron chi connectivity index (χ4n) is 2.32. The van der Waals surface area contributed by atoms with Gasteiger partial charge < -0.3 is 0 Å². The summed E-state index contributed by atoms with van der Waals surface area (Å²) >= 11 is 0. The van der Waals surface area contributed by atoms with Crippen LogP contribution in [-0.2, 0) is 0 Å². The number of rotatable bonds is 3. The predicted octanol–water partition coefficient (Wildman–Crippen LogP) is 2.93. The molecule has 3 nitrogen and oxygen atoms in total. The number of hydrazine groups is 1. The number of para-hydroxylation sites is 1. The second-order valence-corrected chi connectivity index (χ2v) is 4.62. The van der Waals surface area contributed by atoms with Crippen molar-refractivity contribution in [3.63, 3.8) is 0 Å². The van der Waals surface area contributed by atoms with Crippen molar-refractivity contribution in [2.75, 3.05) is 0 Å². The summed E-state index contributed by atoms with van der Waals surface area (Å²) in [6.45, 7) is 0. The van der Waals surface area contributed by atoms with E-state index in [1.807, 2.05) is 36.4 Å². The molecule has 0 saturated heterocycles. The highest BCUT2D eigenvalue weighted by Gasteiger charge is 2.13. The zero-order valence-corrected chi connectivity index (χ0v) is 10.8. The van der Waals surface area contributed by atoms with Gasteiger partial charge in [-0.1, -0.05) is 30.3 Å². The molecule has 3 N–H and O–H groups in total. The first-order valence-electron chi connectivity index (χ1n) is 6.34. The molecule has 0 radical (unpaired) electrons. The summed E-state index contributed by atoms with van der Waals surface area (Å²) in [6.07, 6.45) is 1.76. The molecule has 0 amide bonds. The number of nitrogens with zero attached hydrogens (tertiary/aromatic N) is 1. The Balaban J connectivity index is 2.07. The van der Waals surface area contributed by atoms with Gasteiger partial charge in [-0.15, -0.1) is 0 Å². The van der Waals surface area contributed by atoms with Crippen LogP contribution in [-0.4, -0.2) is 4.98 Å². The van der Waals surface area contributed by atoms with E-state index in [9.17, 15) is 4.39 Å². The van der Waals surface area contributed by atoms with Gasteiger partial charge in [0.2, 0.25) is 0 Å². The molecule has 0 aliphatic rings. The largest absolute Gasteiger partial charge is 0.271 e. The van der Waals surface area contributed by atoms with Gasteiger partial charge in [-0.05, 0) is 35.4 Å². The standard InChI is InChI=1S/C16H14FN3/c17-14-6-3-5-12(9-14)16(20-18)13-8-11-4-1-2-7-15(11)19-10-13/h1-10,16,20H,18H2. The van der Waals surface area contributed by atoms with Crippen molar-refractivity contribution >= 4 is 10.9 Å². The average Bonchev–Trinajstić information content (AvgIpc) is 2.48. The molecule has 20 heavy (non-hydrogen) atoms. The zero-order chi connectivity index (χ0) is 13.9. The third-order valence-electron chi connectivity index (χ3n) is 3.29. The Morgan fingerprint density at radius 2 is 1.85 bits per heavy atom. The first-order valence-corrected chi connectivity index (χ1v) is 6.34. The lowest BCUT2D eigenvalue weighted by Crippen LogP contribution is -2.29. The first-order chi connectivity index (χ1) is 9.78. The molecule has 3 aromatic rings. The average molecular weight is 267 g/mol. The molecule has 100 valence electrons. The smallest absolute Gasteiger partial charge is 0.123 e. The van der Waals surface area contributed by atoms with E-state index in [1.54, 1.807) is 12.3 Å². The van der Waals surface area contributed by atoms with Gasteiger partial charge in [0, 0.05) is 11.6 Å². The molecule has 1 heterocycles. The minimum Gasteiger partial charge on any atom is -0.271 e. The minimum absolute atomic E-state index is 0.281. The number of halogens is 1. The Morgan fingerprint density at radius 3 is 2.65 bits per heavy atom. The fourth-order valence-corrected chi connectivity index (χ4v) is 2.32. The van der Waals surface area contributed by atoms with Crippen LogP contribution < -0.4 is 11.3 Å². The molecule has 3 rings (SSSR count). The summed E-state index contributed by atoms with van der Waals surface area (Å²) in [4.78, 5) is 4.41. The maximum Gasteiger partial charge on any atom is 0.123 e. The molecule has 0 fully saturated rings. The summed E-state index contributed by atoms with van der Waals surface area (Å²) < 4.78 is 13.3. The number of aromatic nitrogens is 1. The van der Waals surface area contributed by atoms with Crippen molar-refractivity contribution in [2.24, 2.45) is 5.84 Å². The Hall–Kier alpha value is -2.30. The molecule has 0 spiro atoms. The number of pyridine rings is 1. The summed E-state index contributed by atoms with van der Waals surface area (Å²) in [7, 11) is 0. The second kappa shape index (κ2) is 5.36. The molecule has 0 aliphatic carbocycles. The molecule has 0 aliphatic heterocycles. The van der Waals surface area contributed by atoms with Crippen LogP contribution in [0.1, 0.15) is 17.2 Å². The van der Waals surface area contributed by atoms with Gasteiger partial charge >= 0.3 is 0 Å². The first kappa shape index (κ1) is 12.7. The lowest BCUT2D eigenvalue weighted by Gasteiger charge is -2.17. The van der Waals surface area contributed by atoms with Crippen molar-refractivity contribution in [2.45, 2.75) is 6.04 Å². The molecule has 0 saturated carbocycles. The van der Waals surface area contributed by atoms with E-state index in [4.69, 9.17) is 5.84 Å². The molecule has 4 heteroatoms. The van der Waals surface area contributed by atoms with E-state index >= 15 is 0 Å². The number of benzene rings is 2. The van der Waals surface area contributed by atoms with Crippen molar-refractivity contribution in [1.82, 2.24) is 10.4 Å². The van der Waals surface area contributed by atoms with Crippen LogP contribution in [0.25, 0.3) is 10.9 Å². The highest BCUT2D eigenvalue weighted by Crippen LogP contribution is 2.24. The van der Waals surface area contributed by atoms with E-state index < -0.39 is 0 Å². The van der Waals surface area contributed by atoms with Gasteiger partial charge in [0.15, 0.2) is 0 Å². The van der Waals surface area contributed by atoms with Crippen LogP contribution >= 0.6 is 0 Å². The maximum atomic E-state index is 13.3. The molecule has 2 aromatic carbocycles. The van der Waals surface area contributed by atoms with E-state index in [1.165, 1.54) is 12.1 Å². The molecule has 1 atom stereocenters. The highest BCUT2D eigenvalue weighted by molar-refractivity contribution is 5.78. The normalized spacial score (nSPS) is 12.5. The van der Waals surface area contributed by atoms with Gasteiger partial charge in [-0.2, -0.15) is 0 Å². The van der Waals surface area contributed by atoms with Crippen LogP contribution in [0.5, 0.6) is 0 Å². The Labute approximate surface area is 116 Å². The lowest BCUT2D eigenvalue weighted by atomic mass is 9.99. The molecule has 0 bridgehead atoms. The lowest BCUT2D eigenvalue weighted by molar-refractivity contribution is 0.605. The number of hydrogen-bond acceptors (Lipinski definition) is 3. The Kier molecular flexibility index (Phi) is 3.41. The quantitative estimate of drug-likeness (QED) is 0.566. The molecule has 1 aromatic heterocycles. The second-order valence-electron chi connectivity index (χ2n) is 4.62. The van der Waals surface area contributed by atoms with Gasteiger partial charge in [-0.25, -0.2) is 9.82 Å². The predicted molar refractivity (Wildman–Crippen MR) is 77.3 cm³/mol. The van der Waals surface area contributed by atoms with Crippen molar-refractivity contribution < 1.29 is 4.39 Å². The van der Waals surface area contributed by atoms with Gasteiger partial charge in [-0.3, -0.25) is 10.8 Å². The van der Waals surface area contributed by atoms with Gasteiger partial charge in [0.05, 0.1) is 11.6 Å². The molecular formula is C16H14FN3. The Bertz CT molecular complexity index is 742. The number of hydrogen-bond donors (Lipinski definition) is 2. The number of nitrogens with one attached hydrogen (secondary N) is 1. The van der Waals surface area contributed by atoms with Crippen LogP contribution in [0, 0.1) is 5.82 Å². The zero-order valence-electron chi connectivity index (χ0n) is 10.8. The summed E-state index contributed by atoms with van der Waals surface area (Å²) in [5, 5.41) is 1.03. The fraction of sp³-hybridized carbons (Fsp3) is 0.0625. The topological polar surface area (TPSA) is 50.9 Å². The van der Waals surface area contributed by atoms with Crippen molar-refractivity contribution in [1.29, 1.82) is 0 Å². The SMILES string of the molecule is NNC(c1cccc(F)c1)c1cnc2ccccc2c1. The summed E-state index contributed by atoms with van der Waals surface area (Å²) in [5.74, 6) is 5.35. The van der Waals surface area contributed by atoms with E-state index in [-0.39, 0.29) is 11.9 Å². The van der Waals surface area contributed by atoms with Crippen LogP contribution in [0.15, 0.2) is 60.8 Å². The van der Waals surface area contributed by atoms with Gasteiger partial charge in [0.25, 0.3) is 0 Å². The monoisotopic (exact) mass is 267 g/mol. The third kappa shape index (κ3) is 2.39. The minimum atomic E-state index is -0.289. The van der Waals surface area contributed by atoms with Gasteiger partial charge in [0.1, 0.15) is 5.82 Å². The summed E-state index contributed by atoms with van der Waals surface area (Å²) in [6, 6.07) is 16.0.